The van der Waals surface area contributed by atoms with Crippen molar-refractivity contribution < 1.29 is 4.74 Å². The molecular weight excluding hydrogens is 236 g/mol. The van der Waals surface area contributed by atoms with Crippen molar-refractivity contribution in [3.05, 3.63) is 48.5 Å². The Hall–Kier alpha value is -2.16. The zero-order valence-corrected chi connectivity index (χ0v) is 11.9. The Morgan fingerprint density at radius 1 is 0.684 bits per heavy atom. The van der Waals surface area contributed by atoms with Gasteiger partial charge in [-0.2, -0.15) is 0 Å². The molecule has 0 spiro atoms. The second kappa shape index (κ2) is 5.65. The van der Waals surface area contributed by atoms with Gasteiger partial charge in [0.2, 0.25) is 0 Å². The van der Waals surface area contributed by atoms with E-state index < -0.39 is 0 Å². The van der Waals surface area contributed by atoms with Crippen LogP contribution in [0.1, 0.15) is 0 Å². The van der Waals surface area contributed by atoms with Crippen LogP contribution in [0.4, 0.5) is 11.4 Å². The van der Waals surface area contributed by atoms with Crippen LogP contribution in [0.5, 0.6) is 11.5 Å². The van der Waals surface area contributed by atoms with Gasteiger partial charge in [0.1, 0.15) is 11.5 Å². The number of ether oxygens (including phenoxy) is 1. The first-order valence-corrected chi connectivity index (χ1v) is 6.29. The van der Waals surface area contributed by atoms with Gasteiger partial charge in [0.25, 0.3) is 0 Å². The number of benzene rings is 2. The maximum absolute atomic E-state index is 5.86. The molecule has 0 atom stereocenters. The van der Waals surface area contributed by atoms with Crippen molar-refractivity contribution in [2.24, 2.45) is 0 Å². The molecule has 0 aliphatic carbocycles. The number of nitrogens with zero attached hydrogens (tertiary/aromatic N) is 2. The molecule has 19 heavy (non-hydrogen) atoms. The third-order valence-corrected chi connectivity index (χ3v) is 2.92. The molecule has 0 bridgehead atoms. The lowest BCUT2D eigenvalue weighted by Gasteiger charge is -2.15. The van der Waals surface area contributed by atoms with Crippen LogP contribution in [0.3, 0.4) is 0 Å². The maximum Gasteiger partial charge on any atom is 0.129 e. The summed E-state index contributed by atoms with van der Waals surface area (Å²) in [5, 5.41) is 0. The van der Waals surface area contributed by atoms with Crippen molar-refractivity contribution in [2.75, 3.05) is 38.0 Å². The van der Waals surface area contributed by atoms with E-state index in [1.165, 1.54) is 0 Å². The standard InChI is InChI=1S/C16H20N2O/c1-17(2)13-8-10-15(11-9-13)19-16-7-5-6-14(12-16)18(3)4/h5-12H,1-4H3. The van der Waals surface area contributed by atoms with E-state index in [1.807, 2.05) is 70.7 Å². The first-order chi connectivity index (χ1) is 9.06. The lowest BCUT2D eigenvalue weighted by Crippen LogP contribution is -2.08. The summed E-state index contributed by atoms with van der Waals surface area (Å²) in [4.78, 5) is 4.12. The second-order valence-corrected chi connectivity index (χ2v) is 4.88. The highest BCUT2D eigenvalue weighted by molar-refractivity contribution is 5.51. The van der Waals surface area contributed by atoms with Crippen LogP contribution in [0.25, 0.3) is 0 Å². The molecule has 2 rings (SSSR count). The molecule has 0 fully saturated rings. The molecule has 2 aromatic carbocycles. The van der Waals surface area contributed by atoms with E-state index in [0.29, 0.717) is 0 Å². The smallest absolute Gasteiger partial charge is 0.129 e. The van der Waals surface area contributed by atoms with Gasteiger partial charge in [0, 0.05) is 45.6 Å². The second-order valence-electron chi connectivity index (χ2n) is 4.88. The van der Waals surface area contributed by atoms with Crippen molar-refractivity contribution in [3.8, 4) is 11.5 Å². The van der Waals surface area contributed by atoms with Gasteiger partial charge in [0.15, 0.2) is 0 Å². The first-order valence-electron chi connectivity index (χ1n) is 6.29. The van der Waals surface area contributed by atoms with E-state index in [0.717, 1.165) is 22.9 Å². The summed E-state index contributed by atoms with van der Waals surface area (Å²) >= 11 is 0. The van der Waals surface area contributed by atoms with Gasteiger partial charge in [-0.05, 0) is 36.4 Å². The SMILES string of the molecule is CN(C)c1ccc(Oc2cccc(N(C)C)c2)cc1. The minimum atomic E-state index is 0.849. The van der Waals surface area contributed by atoms with Crippen LogP contribution in [0.2, 0.25) is 0 Å². The quantitative estimate of drug-likeness (QED) is 0.831. The number of hydrogen-bond donors (Lipinski definition) is 0. The highest BCUT2D eigenvalue weighted by Crippen LogP contribution is 2.26. The zero-order valence-electron chi connectivity index (χ0n) is 11.9. The van der Waals surface area contributed by atoms with Crippen LogP contribution in [0.15, 0.2) is 48.5 Å². The van der Waals surface area contributed by atoms with Crippen molar-refractivity contribution in [1.82, 2.24) is 0 Å². The van der Waals surface area contributed by atoms with E-state index in [4.69, 9.17) is 4.74 Å². The van der Waals surface area contributed by atoms with Crippen molar-refractivity contribution >= 4 is 11.4 Å². The number of hydrogen-bond acceptors (Lipinski definition) is 3. The van der Waals surface area contributed by atoms with Crippen molar-refractivity contribution in [1.29, 1.82) is 0 Å². The molecule has 0 aliphatic rings. The van der Waals surface area contributed by atoms with Gasteiger partial charge in [-0.25, -0.2) is 0 Å². The van der Waals surface area contributed by atoms with E-state index in [-0.39, 0.29) is 0 Å². The summed E-state index contributed by atoms with van der Waals surface area (Å²) in [6, 6.07) is 16.1. The van der Waals surface area contributed by atoms with E-state index in [1.54, 1.807) is 0 Å². The van der Waals surface area contributed by atoms with Gasteiger partial charge >= 0.3 is 0 Å². The molecule has 0 aliphatic heterocycles. The van der Waals surface area contributed by atoms with E-state index >= 15 is 0 Å². The Balaban J connectivity index is 2.14. The molecular formula is C16H20N2O. The van der Waals surface area contributed by atoms with Gasteiger partial charge in [0.05, 0.1) is 0 Å². The van der Waals surface area contributed by atoms with E-state index in [9.17, 15) is 0 Å². The van der Waals surface area contributed by atoms with Crippen LogP contribution in [-0.2, 0) is 0 Å². The van der Waals surface area contributed by atoms with Crippen LogP contribution < -0.4 is 14.5 Å². The summed E-state index contributed by atoms with van der Waals surface area (Å²) in [6.45, 7) is 0. The van der Waals surface area contributed by atoms with Crippen LogP contribution >= 0.6 is 0 Å². The number of anilines is 2. The maximum atomic E-state index is 5.86. The van der Waals surface area contributed by atoms with Gasteiger partial charge in [-0.3, -0.25) is 0 Å². The van der Waals surface area contributed by atoms with Gasteiger partial charge in [-0.1, -0.05) is 6.07 Å². The summed E-state index contributed by atoms with van der Waals surface area (Å²) in [7, 11) is 8.09. The predicted molar refractivity (Wildman–Crippen MR) is 81.6 cm³/mol. The Labute approximate surface area is 115 Å². The lowest BCUT2D eigenvalue weighted by atomic mass is 10.2. The third kappa shape index (κ3) is 3.41. The van der Waals surface area contributed by atoms with Crippen LogP contribution in [0, 0.1) is 0 Å². The lowest BCUT2D eigenvalue weighted by molar-refractivity contribution is 0.483. The average molecular weight is 256 g/mol. The fourth-order valence-electron chi connectivity index (χ4n) is 1.77. The van der Waals surface area contributed by atoms with Crippen molar-refractivity contribution in [2.45, 2.75) is 0 Å². The predicted octanol–water partition coefficient (Wildman–Crippen LogP) is 3.61. The largest absolute Gasteiger partial charge is 0.457 e. The Morgan fingerprint density at radius 3 is 1.89 bits per heavy atom. The van der Waals surface area contributed by atoms with E-state index in [2.05, 4.69) is 15.9 Å². The summed E-state index contributed by atoms with van der Waals surface area (Å²) in [5.41, 5.74) is 2.29. The van der Waals surface area contributed by atoms with Gasteiger partial charge in [-0.15, -0.1) is 0 Å². The average Bonchev–Trinajstić information content (AvgIpc) is 2.39. The van der Waals surface area contributed by atoms with Crippen molar-refractivity contribution in [3.63, 3.8) is 0 Å². The highest BCUT2D eigenvalue weighted by atomic mass is 16.5. The molecule has 2 aromatic rings. The Kier molecular flexibility index (Phi) is 3.95. The molecule has 0 radical (unpaired) electrons. The molecule has 100 valence electrons. The monoisotopic (exact) mass is 256 g/mol. The van der Waals surface area contributed by atoms with Crippen LogP contribution in [-0.4, -0.2) is 28.2 Å². The molecule has 0 N–H and O–H groups in total. The fraction of sp³-hybridized carbons (Fsp3) is 0.250. The highest BCUT2D eigenvalue weighted by Gasteiger charge is 2.01. The first kappa shape index (κ1) is 13.3. The Bertz CT molecular complexity index is 533. The molecule has 0 aromatic heterocycles. The topological polar surface area (TPSA) is 15.7 Å². The molecule has 0 unspecified atom stereocenters. The summed E-state index contributed by atoms with van der Waals surface area (Å²) in [5.74, 6) is 1.70. The normalized spacial score (nSPS) is 10.1. The molecule has 0 heterocycles. The molecule has 0 amide bonds. The number of rotatable bonds is 4. The fourth-order valence-corrected chi connectivity index (χ4v) is 1.77. The summed E-state index contributed by atoms with van der Waals surface area (Å²) in [6.07, 6.45) is 0. The molecule has 3 nitrogen and oxygen atoms in total. The zero-order chi connectivity index (χ0) is 13.8. The Morgan fingerprint density at radius 2 is 1.32 bits per heavy atom. The third-order valence-electron chi connectivity index (χ3n) is 2.92. The minimum absolute atomic E-state index is 0.849. The molecule has 0 saturated heterocycles. The molecule has 3 heteroatoms. The van der Waals surface area contributed by atoms with Gasteiger partial charge < -0.3 is 14.5 Å². The minimum Gasteiger partial charge on any atom is -0.457 e. The summed E-state index contributed by atoms with van der Waals surface area (Å²) < 4.78 is 5.86. The molecule has 0 saturated carbocycles.